The van der Waals surface area contributed by atoms with E-state index in [1.807, 2.05) is 0 Å². The van der Waals surface area contributed by atoms with Crippen molar-refractivity contribution >= 4 is 5.95 Å². The van der Waals surface area contributed by atoms with Gasteiger partial charge in [0, 0.05) is 32.2 Å². The summed E-state index contributed by atoms with van der Waals surface area (Å²) in [5.41, 5.74) is 2.14. The maximum Gasteiger partial charge on any atom is 0.245 e. The fourth-order valence-electron chi connectivity index (χ4n) is 3.08. The van der Waals surface area contributed by atoms with Gasteiger partial charge in [-0.3, -0.25) is 4.90 Å². The van der Waals surface area contributed by atoms with Gasteiger partial charge in [0.1, 0.15) is 0 Å². The van der Waals surface area contributed by atoms with Crippen LogP contribution in [-0.4, -0.2) is 52.3 Å². The number of nitrogens with zero attached hydrogens (tertiary/aromatic N) is 5. The highest BCUT2D eigenvalue weighted by molar-refractivity contribution is 5.33. The highest BCUT2D eigenvalue weighted by Crippen LogP contribution is 2.21. The molecule has 0 amide bonds. The zero-order chi connectivity index (χ0) is 13.9. The Morgan fingerprint density at radius 1 is 1.10 bits per heavy atom. The van der Waals surface area contributed by atoms with E-state index < -0.39 is 0 Å². The fraction of sp³-hybridized carbons (Fsp3) is 0.667. The summed E-state index contributed by atoms with van der Waals surface area (Å²) < 4.78 is 0. The van der Waals surface area contributed by atoms with Gasteiger partial charge in [0.2, 0.25) is 5.95 Å². The van der Waals surface area contributed by atoms with E-state index in [1.54, 1.807) is 0 Å². The molecular weight excluding hydrogens is 250 g/mol. The van der Waals surface area contributed by atoms with Gasteiger partial charge in [-0.2, -0.15) is 5.10 Å². The second-order valence-electron chi connectivity index (χ2n) is 5.53. The molecule has 5 nitrogen and oxygen atoms in total. The Balaban J connectivity index is 1.70. The van der Waals surface area contributed by atoms with Crippen LogP contribution >= 0.6 is 0 Å². The molecule has 0 saturated carbocycles. The van der Waals surface area contributed by atoms with Crippen LogP contribution in [0.3, 0.4) is 0 Å². The van der Waals surface area contributed by atoms with Gasteiger partial charge in [0.15, 0.2) is 0 Å². The minimum Gasteiger partial charge on any atom is -0.338 e. The Bertz CT molecular complexity index is 491. The molecule has 1 fully saturated rings. The zero-order valence-corrected chi connectivity index (χ0v) is 12.4. The Labute approximate surface area is 120 Å². The summed E-state index contributed by atoms with van der Waals surface area (Å²) >= 11 is 0. The first kappa shape index (κ1) is 13.5. The molecule has 0 bridgehead atoms. The van der Waals surface area contributed by atoms with Crippen LogP contribution in [0.5, 0.6) is 0 Å². The molecule has 1 atom stereocenters. The van der Waals surface area contributed by atoms with Crippen LogP contribution < -0.4 is 4.90 Å². The van der Waals surface area contributed by atoms with E-state index in [-0.39, 0.29) is 0 Å². The summed E-state index contributed by atoms with van der Waals surface area (Å²) in [7, 11) is 0. The largest absolute Gasteiger partial charge is 0.338 e. The van der Waals surface area contributed by atoms with Gasteiger partial charge in [-0.1, -0.05) is 26.0 Å². The van der Waals surface area contributed by atoms with Crippen molar-refractivity contribution < 1.29 is 0 Å². The second kappa shape index (κ2) is 5.87. The molecule has 0 N–H and O–H groups in total. The summed E-state index contributed by atoms with van der Waals surface area (Å²) in [5, 5.41) is 8.69. The number of aryl methyl sites for hydroxylation is 2. The Morgan fingerprint density at radius 2 is 1.85 bits per heavy atom. The summed E-state index contributed by atoms with van der Waals surface area (Å²) in [6, 6.07) is 0.629. The van der Waals surface area contributed by atoms with Crippen molar-refractivity contribution in [3.63, 3.8) is 0 Å². The summed E-state index contributed by atoms with van der Waals surface area (Å²) in [4.78, 5) is 9.53. The molecule has 0 aromatic carbocycles. The second-order valence-corrected chi connectivity index (χ2v) is 5.53. The molecule has 20 heavy (non-hydrogen) atoms. The van der Waals surface area contributed by atoms with Gasteiger partial charge >= 0.3 is 0 Å². The minimum atomic E-state index is 0.629. The summed E-state index contributed by atoms with van der Waals surface area (Å²) in [6.45, 7) is 8.49. The lowest BCUT2D eigenvalue weighted by molar-refractivity contribution is 0.271. The molecule has 5 heteroatoms. The predicted octanol–water partition coefficient (Wildman–Crippen LogP) is 1.45. The molecule has 1 saturated heterocycles. The van der Waals surface area contributed by atoms with E-state index in [0.29, 0.717) is 6.04 Å². The van der Waals surface area contributed by atoms with E-state index in [2.05, 4.69) is 46.0 Å². The third-order valence-electron chi connectivity index (χ3n) is 4.31. The average Bonchev–Trinajstić information content (AvgIpc) is 3.16. The topological polar surface area (TPSA) is 45.2 Å². The van der Waals surface area contributed by atoms with Gasteiger partial charge in [-0.15, -0.1) is 5.10 Å². The van der Waals surface area contributed by atoms with Crippen molar-refractivity contribution in [3.8, 4) is 0 Å². The number of hydrogen-bond donors (Lipinski definition) is 0. The van der Waals surface area contributed by atoms with Crippen LogP contribution in [0.15, 0.2) is 12.2 Å². The Hall–Kier alpha value is -1.49. The molecule has 1 aromatic heterocycles. The number of aromatic nitrogens is 3. The van der Waals surface area contributed by atoms with Crippen LogP contribution in [0.4, 0.5) is 5.95 Å². The maximum atomic E-state index is 4.72. The number of anilines is 1. The quantitative estimate of drug-likeness (QED) is 0.777. The van der Waals surface area contributed by atoms with Crippen LogP contribution in [0.25, 0.3) is 0 Å². The first-order valence-electron chi connectivity index (χ1n) is 7.68. The van der Waals surface area contributed by atoms with Gasteiger partial charge in [-0.25, -0.2) is 4.98 Å². The molecule has 3 rings (SSSR count). The normalized spacial score (nSPS) is 22.9. The predicted molar refractivity (Wildman–Crippen MR) is 79.9 cm³/mol. The number of rotatable bonds is 4. The lowest BCUT2D eigenvalue weighted by Crippen LogP contribution is -2.36. The van der Waals surface area contributed by atoms with Crippen LogP contribution in [0.2, 0.25) is 0 Å². The summed E-state index contributed by atoms with van der Waals surface area (Å²) in [5.74, 6) is 0.814. The molecule has 2 aliphatic heterocycles. The van der Waals surface area contributed by atoms with Gasteiger partial charge in [0.25, 0.3) is 0 Å². The highest BCUT2D eigenvalue weighted by atomic mass is 15.4. The van der Waals surface area contributed by atoms with Crippen molar-refractivity contribution in [2.24, 2.45) is 0 Å². The van der Waals surface area contributed by atoms with Crippen LogP contribution in [-0.2, 0) is 12.8 Å². The molecule has 0 aliphatic carbocycles. The minimum absolute atomic E-state index is 0.629. The van der Waals surface area contributed by atoms with Gasteiger partial charge in [-0.05, 0) is 19.3 Å². The highest BCUT2D eigenvalue weighted by Gasteiger charge is 2.29. The average molecular weight is 273 g/mol. The zero-order valence-electron chi connectivity index (χ0n) is 12.4. The molecule has 3 heterocycles. The lowest BCUT2D eigenvalue weighted by atomic mass is 10.2. The monoisotopic (exact) mass is 273 g/mol. The van der Waals surface area contributed by atoms with Crippen molar-refractivity contribution in [1.82, 2.24) is 20.1 Å². The lowest BCUT2D eigenvalue weighted by Gasteiger charge is -2.23. The molecular formula is C15H23N5. The van der Waals surface area contributed by atoms with E-state index in [1.165, 1.54) is 6.42 Å². The van der Waals surface area contributed by atoms with E-state index in [9.17, 15) is 0 Å². The third-order valence-corrected chi connectivity index (χ3v) is 4.31. The SMILES string of the molecule is CCc1nnc(N2CCC(N3CC=CC3)C2)nc1CC. The first-order chi connectivity index (χ1) is 9.81. The van der Waals surface area contributed by atoms with E-state index >= 15 is 0 Å². The van der Waals surface area contributed by atoms with E-state index in [4.69, 9.17) is 4.98 Å². The molecule has 2 aliphatic rings. The van der Waals surface area contributed by atoms with Gasteiger partial charge in [0.05, 0.1) is 11.4 Å². The van der Waals surface area contributed by atoms with Crippen LogP contribution in [0.1, 0.15) is 31.7 Å². The fourth-order valence-corrected chi connectivity index (χ4v) is 3.08. The molecule has 1 unspecified atom stereocenters. The molecule has 0 radical (unpaired) electrons. The smallest absolute Gasteiger partial charge is 0.245 e. The van der Waals surface area contributed by atoms with Crippen molar-refractivity contribution in [2.45, 2.75) is 39.2 Å². The van der Waals surface area contributed by atoms with Crippen molar-refractivity contribution in [3.05, 3.63) is 23.5 Å². The first-order valence-corrected chi connectivity index (χ1v) is 7.68. The maximum absolute atomic E-state index is 4.72. The Kier molecular flexibility index (Phi) is 3.96. The molecule has 108 valence electrons. The molecule has 0 spiro atoms. The number of hydrogen-bond acceptors (Lipinski definition) is 5. The standard InChI is InChI=1S/C15H23N5/c1-3-13-14(4-2)17-18-15(16-13)20-10-7-12(11-20)19-8-5-6-9-19/h5-6,12H,3-4,7-11H2,1-2H3. The van der Waals surface area contributed by atoms with Crippen LogP contribution in [0, 0.1) is 0 Å². The Morgan fingerprint density at radius 3 is 2.55 bits per heavy atom. The molecule has 1 aromatic rings. The third kappa shape index (κ3) is 2.54. The van der Waals surface area contributed by atoms with Crippen molar-refractivity contribution in [1.29, 1.82) is 0 Å². The van der Waals surface area contributed by atoms with E-state index in [0.717, 1.165) is 56.4 Å². The van der Waals surface area contributed by atoms with Gasteiger partial charge < -0.3 is 4.90 Å². The summed E-state index contributed by atoms with van der Waals surface area (Å²) in [6.07, 6.45) is 7.55. The van der Waals surface area contributed by atoms with Crippen molar-refractivity contribution in [2.75, 3.05) is 31.1 Å².